The monoisotopic (exact) mass is 435 g/mol. The van der Waals surface area contributed by atoms with Gasteiger partial charge in [0.1, 0.15) is 18.1 Å². The van der Waals surface area contributed by atoms with Gasteiger partial charge in [0.15, 0.2) is 12.1 Å². The van der Waals surface area contributed by atoms with E-state index in [1.54, 1.807) is 12.1 Å². The van der Waals surface area contributed by atoms with Gasteiger partial charge in [-0.15, -0.1) is 0 Å². The highest BCUT2D eigenvalue weighted by Crippen LogP contribution is 2.27. The van der Waals surface area contributed by atoms with Crippen LogP contribution in [-0.4, -0.2) is 42.9 Å². The summed E-state index contributed by atoms with van der Waals surface area (Å²) in [6.45, 7) is 2.13. The van der Waals surface area contributed by atoms with Gasteiger partial charge in [0.2, 0.25) is 0 Å². The van der Waals surface area contributed by atoms with E-state index in [0.29, 0.717) is 31.3 Å². The van der Waals surface area contributed by atoms with Crippen molar-refractivity contribution < 1.29 is 23.4 Å². The molecule has 2 saturated heterocycles. The molecule has 4 rings (SSSR count). The maximum atomic E-state index is 13.0. The van der Waals surface area contributed by atoms with Gasteiger partial charge in [-0.2, -0.15) is 0 Å². The van der Waals surface area contributed by atoms with E-state index in [-0.39, 0.29) is 24.8 Å². The normalized spacial score (nSPS) is 20.8. The molecule has 2 aromatic rings. The van der Waals surface area contributed by atoms with Crippen LogP contribution in [0.15, 0.2) is 45.3 Å². The molecule has 1 aromatic carbocycles. The lowest BCUT2D eigenvalue weighted by Gasteiger charge is -2.37. The van der Waals surface area contributed by atoms with Crippen LogP contribution in [-0.2, 0) is 16.1 Å². The first kappa shape index (κ1) is 18.5. The number of hydrogen-bond acceptors (Lipinski definition) is 5. The molecule has 144 valence electrons. The van der Waals surface area contributed by atoms with Gasteiger partial charge in [-0.3, -0.25) is 4.79 Å². The molecule has 6 nitrogen and oxygen atoms in total. The number of benzene rings is 1. The van der Waals surface area contributed by atoms with Crippen molar-refractivity contribution in [3.05, 3.63) is 52.4 Å². The lowest BCUT2D eigenvalue weighted by atomic mass is 10.0. The van der Waals surface area contributed by atoms with Gasteiger partial charge in [-0.25, -0.2) is 0 Å². The predicted octanol–water partition coefficient (Wildman–Crippen LogP) is 3.99. The van der Waals surface area contributed by atoms with Crippen LogP contribution in [0.1, 0.15) is 35.6 Å². The number of halogens is 1. The zero-order chi connectivity index (χ0) is 18.6. The number of likely N-dealkylation sites (tertiary alicyclic amines) is 1. The first-order valence-electron chi connectivity index (χ1n) is 9.22. The Labute approximate surface area is 166 Å². The summed E-state index contributed by atoms with van der Waals surface area (Å²) in [6.07, 6.45) is 2.61. The second kappa shape index (κ2) is 8.46. The van der Waals surface area contributed by atoms with Gasteiger partial charge in [0.25, 0.3) is 5.91 Å². The number of hydrogen-bond donors (Lipinski definition) is 0. The smallest absolute Gasteiger partial charge is 0.289 e. The van der Waals surface area contributed by atoms with Crippen molar-refractivity contribution in [1.29, 1.82) is 0 Å². The van der Waals surface area contributed by atoms with E-state index in [1.165, 1.54) is 0 Å². The molecule has 0 aliphatic carbocycles. The first-order valence-corrected chi connectivity index (χ1v) is 10.0. The molecule has 0 spiro atoms. The number of ether oxygens (including phenoxy) is 3. The molecule has 2 aliphatic rings. The van der Waals surface area contributed by atoms with Gasteiger partial charge < -0.3 is 23.5 Å². The Morgan fingerprint density at radius 2 is 2.04 bits per heavy atom. The van der Waals surface area contributed by atoms with Crippen molar-refractivity contribution in [3.8, 4) is 5.75 Å². The number of carbonyl (C=O) groups excluding carboxylic acids is 1. The molecule has 27 heavy (non-hydrogen) atoms. The quantitative estimate of drug-likeness (QED) is 0.710. The van der Waals surface area contributed by atoms with E-state index in [9.17, 15) is 4.79 Å². The molecular formula is C20H22BrNO5. The number of amides is 1. The highest BCUT2D eigenvalue weighted by atomic mass is 79.9. The number of carbonyl (C=O) groups is 1. The average Bonchev–Trinajstić information content (AvgIpc) is 3.38. The summed E-state index contributed by atoms with van der Waals surface area (Å²) >= 11 is 3.41. The highest BCUT2D eigenvalue weighted by Gasteiger charge is 2.37. The van der Waals surface area contributed by atoms with Crippen LogP contribution in [0.4, 0.5) is 0 Å². The van der Waals surface area contributed by atoms with Crippen LogP contribution in [0.25, 0.3) is 0 Å². The van der Waals surface area contributed by atoms with Gasteiger partial charge >= 0.3 is 0 Å². The van der Waals surface area contributed by atoms with Gasteiger partial charge in [-0.1, -0.05) is 22.0 Å². The summed E-state index contributed by atoms with van der Waals surface area (Å²) in [5, 5.41) is 0. The minimum atomic E-state index is -0.330. The summed E-state index contributed by atoms with van der Waals surface area (Å²) in [7, 11) is 0. The Balaban J connectivity index is 1.41. The van der Waals surface area contributed by atoms with Gasteiger partial charge in [-0.05, 0) is 49.6 Å². The fourth-order valence-corrected chi connectivity index (χ4v) is 3.89. The van der Waals surface area contributed by atoms with Crippen LogP contribution >= 0.6 is 15.9 Å². The van der Waals surface area contributed by atoms with Crippen LogP contribution < -0.4 is 4.74 Å². The van der Waals surface area contributed by atoms with Crippen molar-refractivity contribution in [1.82, 2.24) is 4.90 Å². The molecule has 1 amide bonds. The zero-order valence-electron chi connectivity index (χ0n) is 14.9. The fraction of sp³-hybridized carbons (Fsp3) is 0.450. The molecule has 1 atom stereocenters. The number of nitrogens with zero attached hydrogens (tertiary/aromatic N) is 1. The van der Waals surface area contributed by atoms with Crippen LogP contribution in [0.5, 0.6) is 5.75 Å². The zero-order valence-corrected chi connectivity index (χ0v) is 16.5. The SMILES string of the molecule is O=C(c1ccc(COc2cccc(Br)c2)o1)N1CCCCC1C1OCCO1. The van der Waals surface area contributed by atoms with Gasteiger partial charge in [0.05, 0.1) is 19.3 Å². The second-order valence-corrected chi connectivity index (χ2v) is 7.60. The lowest BCUT2D eigenvalue weighted by molar-refractivity contribution is -0.100. The molecule has 3 heterocycles. The summed E-state index contributed by atoms with van der Waals surface area (Å²) in [6, 6.07) is 11.0. The van der Waals surface area contributed by atoms with Crippen molar-refractivity contribution in [2.75, 3.05) is 19.8 Å². The molecule has 2 fully saturated rings. The maximum absolute atomic E-state index is 13.0. The van der Waals surface area contributed by atoms with Crippen LogP contribution in [0.2, 0.25) is 0 Å². The van der Waals surface area contributed by atoms with Crippen molar-refractivity contribution in [3.63, 3.8) is 0 Å². The third-order valence-electron chi connectivity index (χ3n) is 4.82. The molecule has 1 unspecified atom stereocenters. The molecule has 0 saturated carbocycles. The highest BCUT2D eigenvalue weighted by molar-refractivity contribution is 9.10. The van der Waals surface area contributed by atoms with E-state index in [0.717, 1.165) is 29.5 Å². The average molecular weight is 436 g/mol. The molecule has 7 heteroatoms. The molecule has 0 bridgehead atoms. The Hall–Kier alpha value is -1.83. The molecule has 1 aromatic heterocycles. The Morgan fingerprint density at radius 1 is 1.19 bits per heavy atom. The van der Waals surface area contributed by atoms with E-state index < -0.39 is 0 Å². The third-order valence-corrected chi connectivity index (χ3v) is 5.31. The summed E-state index contributed by atoms with van der Waals surface area (Å²) in [5.74, 6) is 1.56. The summed E-state index contributed by atoms with van der Waals surface area (Å²) in [5.41, 5.74) is 0. The first-order chi connectivity index (χ1) is 13.2. The summed E-state index contributed by atoms with van der Waals surface area (Å²) in [4.78, 5) is 14.8. The topological polar surface area (TPSA) is 61.1 Å². The van der Waals surface area contributed by atoms with Crippen molar-refractivity contribution in [2.45, 2.75) is 38.2 Å². The maximum Gasteiger partial charge on any atom is 0.289 e. The molecular weight excluding hydrogens is 414 g/mol. The Bertz CT molecular complexity index is 786. The standard InChI is InChI=1S/C20H22BrNO5/c21-14-4-3-5-15(12-14)26-13-16-7-8-18(27-16)19(23)22-9-2-1-6-17(22)20-24-10-11-25-20/h3-5,7-8,12,17,20H,1-2,6,9-11,13H2. The number of furan rings is 1. The number of rotatable bonds is 5. The minimum absolute atomic E-state index is 0.0554. The van der Waals surface area contributed by atoms with E-state index in [1.807, 2.05) is 29.2 Å². The molecule has 2 aliphatic heterocycles. The van der Waals surface area contributed by atoms with Crippen LogP contribution in [0.3, 0.4) is 0 Å². The fourth-order valence-electron chi connectivity index (χ4n) is 3.51. The predicted molar refractivity (Wildman–Crippen MR) is 102 cm³/mol. The number of piperidine rings is 1. The summed E-state index contributed by atoms with van der Waals surface area (Å²) < 4.78 is 23.7. The van der Waals surface area contributed by atoms with Crippen molar-refractivity contribution in [2.24, 2.45) is 0 Å². The lowest BCUT2D eigenvalue weighted by Crippen LogP contribution is -2.50. The Kier molecular flexibility index (Phi) is 5.80. The largest absolute Gasteiger partial charge is 0.486 e. The van der Waals surface area contributed by atoms with E-state index >= 15 is 0 Å². The molecule has 0 N–H and O–H groups in total. The van der Waals surface area contributed by atoms with E-state index in [2.05, 4.69) is 15.9 Å². The third kappa shape index (κ3) is 4.36. The Morgan fingerprint density at radius 3 is 2.85 bits per heavy atom. The van der Waals surface area contributed by atoms with Crippen molar-refractivity contribution >= 4 is 21.8 Å². The van der Waals surface area contributed by atoms with E-state index in [4.69, 9.17) is 18.6 Å². The molecule has 0 radical (unpaired) electrons. The van der Waals surface area contributed by atoms with Crippen LogP contribution in [0, 0.1) is 0 Å². The van der Waals surface area contributed by atoms with Gasteiger partial charge in [0, 0.05) is 11.0 Å². The minimum Gasteiger partial charge on any atom is -0.486 e. The second-order valence-electron chi connectivity index (χ2n) is 6.68.